The molecular weight excluding hydrogens is 292 g/mol. The standard InChI is InChI=1S/C17H18N4O2/c22-17(15-10-18-11-23-15)21-5-2-12(3-6-21)7-13-8-14-1-4-19-16(14)20-9-13/h1,4,8-12H,2-3,5-7H2,(H,19,20). The smallest absolute Gasteiger partial charge is 0.291 e. The van der Waals surface area contributed by atoms with Crippen molar-refractivity contribution < 1.29 is 9.21 Å². The number of likely N-dealkylation sites (tertiary alicyclic amines) is 1. The molecule has 118 valence electrons. The Kier molecular flexibility index (Phi) is 3.57. The molecule has 0 spiro atoms. The van der Waals surface area contributed by atoms with Crippen LogP contribution in [0, 0.1) is 5.92 Å². The van der Waals surface area contributed by atoms with Crippen LogP contribution in [0.15, 0.2) is 41.5 Å². The summed E-state index contributed by atoms with van der Waals surface area (Å²) in [6.07, 6.45) is 9.66. The molecule has 1 aliphatic heterocycles. The van der Waals surface area contributed by atoms with Gasteiger partial charge < -0.3 is 14.3 Å². The van der Waals surface area contributed by atoms with Crippen molar-refractivity contribution >= 4 is 16.9 Å². The highest BCUT2D eigenvalue weighted by Gasteiger charge is 2.25. The minimum atomic E-state index is -0.0589. The van der Waals surface area contributed by atoms with E-state index in [0.29, 0.717) is 11.7 Å². The molecule has 0 bridgehead atoms. The molecule has 1 N–H and O–H groups in total. The fourth-order valence-electron chi connectivity index (χ4n) is 3.25. The number of H-pyrrole nitrogens is 1. The van der Waals surface area contributed by atoms with Crippen molar-refractivity contribution in [3.8, 4) is 0 Å². The summed E-state index contributed by atoms with van der Waals surface area (Å²) in [4.78, 5) is 25.4. The average Bonchev–Trinajstić information content (AvgIpc) is 3.26. The van der Waals surface area contributed by atoms with Gasteiger partial charge in [-0.3, -0.25) is 4.79 Å². The van der Waals surface area contributed by atoms with E-state index in [2.05, 4.69) is 21.0 Å². The summed E-state index contributed by atoms with van der Waals surface area (Å²) < 4.78 is 5.09. The van der Waals surface area contributed by atoms with E-state index in [-0.39, 0.29) is 5.91 Å². The topological polar surface area (TPSA) is 75.0 Å². The van der Waals surface area contributed by atoms with Crippen LogP contribution in [0.5, 0.6) is 0 Å². The van der Waals surface area contributed by atoms with E-state index in [4.69, 9.17) is 4.42 Å². The second-order valence-electron chi connectivity index (χ2n) is 6.06. The van der Waals surface area contributed by atoms with Gasteiger partial charge in [0.15, 0.2) is 6.39 Å². The van der Waals surface area contributed by atoms with Crippen molar-refractivity contribution in [2.24, 2.45) is 5.92 Å². The number of aromatic amines is 1. The van der Waals surface area contributed by atoms with Gasteiger partial charge in [-0.05, 0) is 42.9 Å². The fraction of sp³-hybridized carbons (Fsp3) is 0.353. The third kappa shape index (κ3) is 2.84. The molecule has 4 rings (SSSR count). The number of hydrogen-bond donors (Lipinski definition) is 1. The summed E-state index contributed by atoms with van der Waals surface area (Å²) in [6.45, 7) is 1.54. The molecule has 6 nitrogen and oxygen atoms in total. The number of nitrogens with one attached hydrogen (secondary N) is 1. The molecule has 0 aromatic carbocycles. The minimum Gasteiger partial charge on any atom is -0.438 e. The average molecular weight is 310 g/mol. The van der Waals surface area contributed by atoms with E-state index in [1.165, 1.54) is 18.2 Å². The predicted molar refractivity (Wildman–Crippen MR) is 84.9 cm³/mol. The summed E-state index contributed by atoms with van der Waals surface area (Å²) in [5.41, 5.74) is 2.19. The molecule has 23 heavy (non-hydrogen) atoms. The Morgan fingerprint density at radius 1 is 1.35 bits per heavy atom. The molecule has 0 atom stereocenters. The van der Waals surface area contributed by atoms with E-state index in [0.717, 1.165) is 43.4 Å². The molecule has 0 unspecified atom stereocenters. The van der Waals surface area contributed by atoms with Gasteiger partial charge in [-0.15, -0.1) is 0 Å². The van der Waals surface area contributed by atoms with Gasteiger partial charge in [0, 0.05) is 30.9 Å². The molecule has 1 saturated heterocycles. The molecule has 0 saturated carbocycles. The molecule has 0 aliphatic carbocycles. The highest BCUT2D eigenvalue weighted by Crippen LogP contribution is 2.23. The molecule has 1 fully saturated rings. The Morgan fingerprint density at radius 2 is 2.22 bits per heavy atom. The van der Waals surface area contributed by atoms with Crippen LogP contribution in [0.25, 0.3) is 11.0 Å². The molecule has 4 heterocycles. The Balaban J connectivity index is 1.37. The lowest BCUT2D eigenvalue weighted by Gasteiger charge is -2.31. The second-order valence-corrected chi connectivity index (χ2v) is 6.06. The van der Waals surface area contributed by atoms with Gasteiger partial charge in [-0.1, -0.05) is 0 Å². The van der Waals surface area contributed by atoms with Gasteiger partial charge in [-0.2, -0.15) is 0 Å². The van der Waals surface area contributed by atoms with Crippen molar-refractivity contribution in [2.45, 2.75) is 19.3 Å². The zero-order valence-corrected chi connectivity index (χ0v) is 12.7. The van der Waals surface area contributed by atoms with Gasteiger partial charge in [0.2, 0.25) is 5.76 Å². The van der Waals surface area contributed by atoms with Crippen LogP contribution in [0.3, 0.4) is 0 Å². The zero-order valence-electron chi connectivity index (χ0n) is 12.7. The Hall–Kier alpha value is -2.63. The number of fused-ring (bicyclic) bond motifs is 1. The van der Waals surface area contributed by atoms with Crippen LogP contribution in [-0.4, -0.2) is 38.8 Å². The van der Waals surface area contributed by atoms with Crippen LogP contribution < -0.4 is 0 Å². The van der Waals surface area contributed by atoms with Crippen LogP contribution in [0.2, 0.25) is 0 Å². The summed E-state index contributed by atoms with van der Waals surface area (Å²) in [6, 6.07) is 4.25. The highest BCUT2D eigenvalue weighted by atomic mass is 16.3. The third-order valence-corrected chi connectivity index (χ3v) is 4.53. The van der Waals surface area contributed by atoms with Gasteiger partial charge in [0.25, 0.3) is 5.91 Å². The Morgan fingerprint density at radius 3 is 3.00 bits per heavy atom. The summed E-state index contributed by atoms with van der Waals surface area (Å²) in [5.74, 6) is 0.855. The number of oxazole rings is 1. The number of nitrogens with zero attached hydrogens (tertiary/aromatic N) is 3. The van der Waals surface area contributed by atoms with Crippen LogP contribution >= 0.6 is 0 Å². The van der Waals surface area contributed by atoms with Crippen molar-refractivity contribution in [3.63, 3.8) is 0 Å². The lowest BCUT2D eigenvalue weighted by Crippen LogP contribution is -2.38. The monoisotopic (exact) mass is 310 g/mol. The predicted octanol–water partition coefficient (Wildman–Crippen LogP) is 2.65. The number of carbonyl (C=O) groups excluding carboxylic acids is 1. The van der Waals surface area contributed by atoms with Gasteiger partial charge >= 0.3 is 0 Å². The number of rotatable bonds is 3. The SMILES string of the molecule is O=C(c1cnco1)N1CCC(Cc2cnc3[nH]ccc3c2)CC1. The van der Waals surface area contributed by atoms with Crippen LogP contribution in [0.4, 0.5) is 0 Å². The molecule has 6 heteroatoms. The molecule has 3 aromatic rings. The van der Waals surface area contributed by atoms with Gasteiger partial charge in [0.05, 0.1) is 6.20 Å². The maximum Gasteiger partial charge on any atom is 0.291 e. The van der Waals surface area contributed by atoms with E-state index in [1.807, 2.05) is 23.4 Å². The Labute approximate surface area is 133 Å². The molecule has 1 amide bonds. The largest absolute Gasteiger partial charge is 0.438 e. The first-order chi connectivity index (χ1) is 11.3. The van der Waals surface area contributed by atoms with E-state index in [1.54, 1.807) is 0 Å². The van der Waals surface area contributed by atoms with Crippen LogP contribution in [0.1, 0.15) is 29.0 Å². The summed E-state index contributed by atoms with van der Waals surface area (Å²) >= 11 is 0. The third-order valence-electron chi connectivity index (χ3n) is 4.53. The van der Waals surface area contributed by atoms with Crippen molar-refractivity contribution in [1.29, 1.82) is 0 Å². The van der Waals surface area contributed by atoms with Gasteiger partial charge in [0.1, 0.15) is 5.65 Å². The Bertz CT molecular complexity index is 801. The first-order valence-corrected chi connectivity index (χ1v) is 7.89. The highest BCUT2D eigenvalue weighted by molar-refractivity contribution is 5.91. The molecule has 1 aliphatic rings. The minimum absolute atomic E-state index is 0.0589. The number of pyridine rings is 1. The number of aromatic nitrogens is 3. The van der Waals surface area contributed by atoms with E-state index >= 15 is 0 Å². The van der Waals surface area contributed by atoms with Gasteiger partial charge in [-0.25, -0.2) is 9.97 Å². The number of hydrogen-bond acceptors (Lipinski definition) is 4. The molecular formula is C17H18N4O2. The number of carbonyl (C=O) groups is 1. The number of amides is 1. The molecule has 3 aromatic heterocycles. The first-order valence-electron chi connectivity index (χ1n) is 7.89. The maximum absolute atomic E-state index is 12.2. The summed E-state index contributed by atoms with van der Waals surface area (Å²) in [7, 11) is 0. The quantitative estimate of drug-likeness (QED) is 0.807. The van der Waals surface area contributed by atoms with Crippen molar-refractivity contribution in [3.05, 3.63) is 48.4 Å². The maximum atomic E-state index is 12.2. The fourth-order valence-corrected chi connectivity index (χ4v) is 3.25. The zero-order chi connectivity index (χ0) is 15.6. The van der Waals surface area contributed by atoms with Crippen molar-refractivity contribution in [1.82, 2.24) is 19.9 Å². The van der Waals surface area contributed by atoms with Crippen molar-refractivity contribution in [2.75, 3.05) is 13.1 Å². The lowest BCUT2D eigenvalue weighted by atomic mass is 9.90. The van der Waals surface area contributed by atoms with E-state index < -0.39 is 0 Å². The lowest BCUT2D eigenvalue weighted by molar-refractivity contribution is 0.0658. The van der Waals surface area contributed by atoms with Crippen LogP contribution in [-0.2, 0) is 6.42 Å². The van der Waals surface area contributed by atoms with E-state index in [9.17, 15) is 4.79 Å². The normalized spacial score (nSPS) is 16.1. The second kappa shape index (κ2) is 5.87. The first kappa shape index (κ1) is 14.0. The molecule has 0 radical (unpaired) electrons. The number of piperidine rings is 1. The summed E-state index contributed by atoms with van der Waals surface area (Å²) in [5, 5.41) is 1.15.